The van der Waals surface area contributed by atoms with Crippen LogP contribution in [-0.4, -0.2) is 38.9 Å². The lowest BCUT2D eigenvalue weighted by molar-refractivity contribution is 0.0243. The van der Waals surface area contributed by atoms with E-state index in [1.807, 2.05) is 18.2 Å². The largest absolute Gasteiger partial charge is 0.496 e. The molecule has 2 rings (SSSR count). The molecule has 1 fully saturated rings. The standard InChI is InChI=1S/C16H24BrN3O2.HI/c1-16(7-4-8-22-16)11-20-15(18-2)19-10-12-9-13(17)5-6-14(12)21-3;/h5-6,9H,4,7-8,10-11H2,1-3H3,(H2,18,19,20);1H. The van der Waals surface area contributed by atoms with E-state index in [-0.39, 0.29) is 29.6 Å². The van der Waals surface area contributed by atoms with E-state index in [1.54, 1.807) is 14.2 Å². The number of nitrogens with zero attached hydrogens (tertiary/aromatic N) is 1. The summed E-state index contributed by atoms with van der Waals surface area (Å²) >= 11 is 3.49. The lowest BCUT2D eigenvalue weighted by Gasteiger charge is -2.24. The summed E-state index contributed by atoms with van der Waals surface area (Å²) in [6.45, 7) is 4.37. The average Bonchev–Trinajstić information content (AvgIpc) is 2.95. The van der Waals surface area contributed by atoms with Crippen molar-refractivity contribution < 1.29 is 9.47 Å². The van der Waals surface area contributed by atoms with Crippen LogP contribution in [0.3, 0.4) is 0 Å². The minimum Gasteiger partial charge on any atom is -0.496 e. The molecular formula is C16H25BrIN3O2. The topological polar surface area (TPSA) is 54.9 Å². The average molecular weight is 498 g/mol. The fourth-order valence-corrected chi connectivity index (χ4v) is 2.94. The Labute approximate surface area is 163 Å². The van der Waals surface area contributed by atoms with E-state index >= 15 is 0 Å². The molecule has 1 aliphatic heterocycles. The molecule has 0 aliphatic carbocycles. The SMILES string of the molecule is CN=C(NCc1cc(Br)ccc1OC)NCC1(C)CCCO1.I. The highest BCUT2D eigenvalue weighted by atomic mass is 127. The van der Waals surface area contributed by atoms with Crippen molar-refractivity contribution in [2.24, 2.45) is 4.99 Å². The predicted molar refractivity (Wildman–Crippen MR) is 108 cm³/mol. The number of hydrogen-bond acceptors (Lipinski definition) is 3. The molecule has 1 aliphatic rings. The van der Waals surface area contributed by atoms with Gasteiger partial charge in [0.15, 0.2) is 5.96 Å². The van der Waals surface area contributed by atoms with Crippen molar-refractivity contribution in [2.75, 3.05) is 27.3 Å². The lowest BCUT2D eigenvalue weighted by Crippen LogP contribution is -2.45. The van der Waals surface area contributed by atoms with Crippen molar-refractivity contribution in [3.63, 3.8) is 0 Å². The fourth-order valence-electron chi connectivity index (χ4n) is 2.53. The molecule has 5 nitrogen and oxygen atoms in total. The second-order valence-electron chi connectivity index (χ2n) is 5.64. The van der Waals surface area contributed by atoms with Gasteiger partial charge < -0.3 is 20.1 Å². The molecule has 0 radical (unpaired) electrons. The van der Waals surface area contributed by atoms with Gasteiger partial charge in [0.2, 0.25) is 0 Å². The van der Waals surface area contributed by atoms with E-state index in [9.17, 15) is 0 Å². The summed E-state index contributed by atoms with van der Waals surface area (Å²) in [4.78, 5) is 4.26. The molecule has 0 spiro atoms. The lowest BCUT2D eigenvalue weighted by atomic mass is 10.0. The van der Waals surface area contributed by atoms with Gasteiger partial charge in [0.1, 0.15) is 5.75 Å². The third-order valence-corrected chi connectivity index (χ3v) is 4.34. The predicted octanol–water partition coefficient (Wildman–Crippen LogP) is 3.31. The van der Waals surface area contributed by atoms with Gasteiger partial charge in [-0.3, -0.25) is 4.99 Å². The van der Waals surface area contributed by atoms with Crippen molar-refractivity contribution in [3.05, 3.63) is 28.2 Å². The molecule has 1 saturated heterocycles. The maximum absolute atomic E-state index is 5.78. The molecule has 1 aromatic carbocycles. The third-order valence-electron chi connectivity index (χ3n) is 3.84. The number of aliphatic imine (C=N–C) groups is 1. The van der Waals surface area contributed by atoms with Gasteiger partial charge in [-0.25, -0.2) is 0 Å². The summed E-state index contributed by atoms with van der Waals surface area (Å²) in [5.74, 6) is 1.62. The monoisotopic (exact) mass is 497 g/mol. The number of nitrogens with one attached hydrogen (secondary N) is 2. The Morgan fingerprint density at radius 3 is 2.83 bits per heavy atom. The quantitative estimate of drug-likeness (QED) is 0.372. The number of ether oxygens (including phenoxy) is 2. The minimum absolute atomic E-state index is 0. The number of halogens is 2. The van der Waals surface area contributed by atoms with E-state index in [4.69, 9.17) is 9.47 Å². The van der Waals surface area contributed by atoms with E-state index in [1.165, 1.54) is 0 Å². The molecular weight excluding hydrogens is 473 g/mol. The minimum atomic E-state index is -0.0922. The Bertz CT molecular complexity index is 534. The van der Waals surface area contributed by atoms with Crippen LogP contribution >= 0.6 is 39.9 Å². The van der Waals surface area contributed by atoms with E-state index in [0.717, 1.165) is 47.7 Å². The molecule has 2 N–H and O–H groups in total. The van der Waals surface area contributed by atoms with Crippen LogP contribution in [0.1, 0.15) is 25.3 Å². The smallest absolute Gasteiger partial charge is 0.191 e. The molecule has 7 heteroatoms. The number of guanidine groups is 1. The zero-order valence-electron chi connectivity index (χ0n) is 13.8. The zero-order valence-corrected chi connectivity index (χ0v) is 17.7. The van der Waals surface area contributed by atoms with Gasteiger partial charge in [0.25, 0.3) is 0 Å². The molecule has 1 atom stereocenters. The first-order valence-electron chi connectivity index (χ1n) is 7.47. The first-order chi connectivity index (χ1) is 10.6. The number of rotatable bonds is 5. The van der Waals surface area contributed by atoms with Crippen LogP contribution in [0.25, 0.3) is 0 Å². The van der Waals surface area contributed by atoms with Crippen molar-refractivity contribution in [2.45, 2.75) is 31.9 Å². The second-order valence-corrected chi connectivity index (χ2v) is 6.55. The summed E-state index contributed by atoms with van der Waals surface area (Å²) in [5, 5.41) is 6.65. The molecule has 0 bridgehead atoms. The Morgan fingerprint density at radius 2 is 2.22 bits per heavy atom. The Hall–Kier alpha value is -0.540. The summed E-state index contributed by atoms with van der Waals surface area (Å²) in [5.41, 5.74) is 0.980. The maximum Gasteiger partial charge on any atom is 0.191 e. The third kappa shape index (κ3) is 6.11. The van der Waals surface area contributed by atoms with Crippen LogP contribution in [0.2, 0.25) is 0 Å². The van der Waals surface area contributed by atoms with Crippen molar-refractivity contribution in [1.29, 1.82) is 0 Å². The van der Waals surface area contributed by atoms with E-state index in [0.29, 0.717) is 6.54 Å². The molecule has 130 valence electrons. The first kappa shape index (κ1) is 20.5. The summed E-state index contributed by atoms with van der Waals surface area (Å²) in [6, 6.07) is 5.96. The Kier molecular flexibility index (Phi) is 8.63. The molecule has 1 heterocycles. The van der Waals surface area contributed by atoms with Gasteiger partial charge in [-0.15, -0.1) is 24.0 Å². The molecule has 23 heavy (non-hydrogen) atoms. The highest BCUT2D eigenvalue weighted by Crippen LogP contribution is 2.24. The summed E-state index contributed by atoms with van der Waals surface area (Å²) in [7, 11) is 3.45. The van der Waals surface area contributed by atoms with Gasteiger partial charge >= 0.3 is 0 Å². The molecule has 0 saturated carbocycles. The zero-order chi connectivity index (χ0) is 16.0. The normalized spacial score (nSPS) is 20.8. The molecule has 1 aromatic rings. The van der Waals surface area contributed by atoms with Crippen molar-refractivity contribution >= 4 is 45.9 Å². The van der Waals surface area contributed by atoms with Crippen molar-refractivity contribution in [1.82, 2.24) is 10.6 Å². The molecule has 1 unspecified atom stereocenters. The number of benzene rings is 1. The first-order valence-corrected chi connectivity index (χ1v) is 8.26. The highest BCUT2D eigenvalue weighted by Gasteiger charge is 2.29. The van der Waals surface area contributed by atoms with Gasteiger partial charge in [0.05, 0.1) is 12.7 Å². The van der Waals surface area contributed by atoms with Crippen molar-refractivity contribution in [3.8, 4) is 5.75 Å². The van der Waals surface area contributed by atoms with Crippen LogP contribution in [0.4, 0.5) is 0 Å². The fraction of sp³-hybridized carbons (Fsp3) is 0.562. The molecule has 0 aromatic heterocycles. The highest BCUT2D eigenvalue weighted by molar-refractivity contribution is 14.0. The van der Waals surface area contributed by atoms with Gasteiger partial charge in [-0.2, -0.15) is 0 Å². The molecule has 0 amide bonds. The van der Waals surface area contributed by atoms with Crippen LogP contribution < -0.4 is 15.4 Å². The van der Waals surface area contributed by atoms with Gasteiger partial charge in [-0.05, 0) is 38.0 Å². The number of hydrogen-bond donors (Lipinski definition) is 2. The van der Waals surface area contributed by atoms with Crippen LogP contribution in [0, 0.1) is 0 Å². The van der Waals surface area contributed by atoms with E-state index < -0.39 is 0 Å². The summed E-state index contributed by atoms with van der Waals surface area (Å²) in [6.07, 6.45) is 2.20. The number of methoxy groups -OCH3 is 1. The van der Waals surface area contributed by atoms with Gasteiger partial charge in [-0.1, -0.05) is 15.9 Å². The van der Waals surface area contributed by atoms with Crippen LogP contribution in [0.15, 0.2) is 27.7 Å². The van der Waals surface area contributed by atoms with E-state index in [2.05, 4.69) is 38.5 Å². The Balaban J connectivity index is 0.00000264. The van der Waals surface area contributed by atoms with Crippen LogP contribution in [0.5, 0.6) is 5.75 Å². The van der Waals surface area contributed by atoms with Crippen LogP contribution in [-0.2, 0) is 11.3 Å². The second kappa shape index (κ2) is 9.68. The van der Waals surface area contributed by atoms with Gasteiger partial charge in [0, 0.05) is 36.8 Å². The Morgan fingerprint density at radius 1 is 1.43 bits per heavy atom. The maximum atomic E-state index is 5.78. The summed E-state index contributed by atoms with van der Waals surface area (Å²) < 4.78 is 12.2.